The molecule has 3 unspecified atom stereocenters. The minimum atomic E-state index is -0.774. The van der Waals surface area contributed by atoms with Crippen LogP contribution >= 0.6 is 0 Å². The fraction of sp³-hybridized carbons (Fsp3) is 0.600. The van der Waals surface area contributed by atoms with Gasteiger partial charge in [-0.1, -0.05) is 0 Å². The zero-order valence-electron chi connectivity index (χ0n) is 15.9. The maximum absolute atomic E-state index is 12.0. The van der Waals surface area contributed by atoms with Crippen LogP contribution in [0.15, 0.2) is 30.3 Å². The first-order chi connectivity index (χ1) is 12.3. The fourth-order valence-electron chi connectivity index (χ4n) is 3.08. The zero-order valence-corrected chi connectivity index (χ0v) is 18.0. The molecule has 144 valence electrons. The van der Waals surface area contributed by atoms with Crippen molar-refractivity contribution in [1.29, 1.82) is 0 Å². The molecule has 0 radical (unpaired) electrons. The summed E-state index contributed by atoms with van der Waals surface area (Å²) in [5.41, 5.74) is 0.541. The monoisotopic (exact) mass is 423 g/mol. The van der Waals surface area contributed by atoms with Crippen LogP contribution < -0.4 is 5.32 Å². The summed E-state index contributed by atoms with van der Waals surface area (Å²) in [5, 5.41) is 3.91. The number of amides is 1. The summed E-state index contributed by atoms with van der Waals surface area (Å²) in [6.07, 6.45) is 3.77. The van der Waals surface area contributed by atoms with Gasteiger partial charge in [0.05, 0.1) is 0 Å². The van der Waals surface area contributed by atoms with Gasteiger partial charge in [-0.05, 0) is 0 Å². The first kappa shape index (κ1) is 20.8. The third-order valence-electron chi connectivity index (χ3n) is 4.25. The van der Waals surface area contributed by atoms with Crippen molar-refractivity contribution >= 4 is 26.6 Å². The van der Waals surface area contributed by atoms with Crippen LogP contribution in [-0.2, 0) is 16.1 Å². The number of hydrogen-bond acceptors (Lipinski definition) is 4. The van der Waals surface area contributed by atoms with Gasteiger partial charge in [0.15, 0.2) is 0 Å². The Bertz CT molecular complexity index is 585. The van der Waals surface area contributed by atoms with Gasteiger partial charge in [-0.25, -0.2) is 0 Å². The van der Waals surface area contributed by atoms with Crippen molar-refractivity contribution in [2.45, 2.75) is 69.9 Å². The molecular formula is C20H30AsNO4. The Morgan fingerprint density at radius 2 is 1.92 bits per heavy atom. The van der Waals surface area contributed by atoms with Gasteiger partial charge in [-0.15, -0.1) is 0 Å². The van der Waals surface area contributed by atoms with E-state index in [2.05, 4.69) is 5.32 Å². The van der Waals surface area contributed by atoms with Crippen molar-refractivity contribution in [2.24, 2.45) is 5.92 Å². The van der Waals surface area contributed by atoms with E-state index in [1.807, 2.05) is 51.1 Å². The van der Waals surface area contributed by atoms with E-state index >= 15 is 0 Å². The average molecular weight is 423 g/mol. The van der Waals surface area contributed by atoms with Crippen LogP contribution in [0.3, 0.4) is 0 Å². The molecule has 1 saturated carbocycles. The van der Waals surface area contributed by atoms with Crippen LogP contribution in [0.5, 0.6) is 0 Å². The number of hydrogen-bond donors (Lipinski definition) is 1. The Kier molecular flexibility index (Phi) is 8.02. The molecule has 0 aromatic heterocycles. The summed E-state index contributed by atoms with van der Waals surface area (Å²) in [6.45, 7) is 5.95. The molecule has 1 aliphatic carbocycles. The maximum atomic E-state index is 12.0. The average Bonchev–Trinajstić information content (AvgIpc) is 2.57. The van der Waals surface area contributed by atoms with Gasteiger partial charge in [0.1, 0.15) is 0 Å². The minimum absolute atomic E-state index is 0.0314. The van der Waals surface area contributed by atoms with Gasteiger partial charge >= 0.3 is 163 Å². The number of benzene rings is 1. The van der Waals surface area contributed by atoms with Crippen molar-refractivity contribution in [3.05, 3.63) is 35.9 Å². The molecule has 6 heteroatoms. The second kappa shape index (κ2) is 10.0. The molecule has 1 fully saturated rings. The molecule has 1 aromatic carbocycles. The van der Waals surface area contributed by atoms with Crippen molar-refractivity contribution in [3.8, 4) is 0 Å². The molecule has 0 bridgehead atoms. The Morgan fingerprint density at radius 3 is 2.62 bits per heavy atom. The van der Waals surface area contributed by atoms with Gasteiger partial charge in [0, 0.05) is 0 Å². The number of ether oxygens (including phenoxy) is 2. The number of rotatable bonds is 6. The van der Waals surface area contributed by atoms with Crippen LogP contribution in [0.1, 0.15) is 52.0 Å². The van der Waals surface area contributed by atoms with Crippen LogP contribution in [0.2, 0.25) is 5.21 Å². The topological polar surface area (TPSA) is 64.6 Å². The molecule has 1 aliphatic rings. The summed E-state index contributed by atoms with van der Waals surface area (Å²) in [6, 6.07) is 9.90. The Morgan fingerprint density at radius 1 is 1.19 bits per heavy atom. The van der Waals surface area contributed by atoms with Gasteiger partial charge in [-0.3, -0.25) is 0 Å². The van der Waals surface area contributed by atoms with Gasteiger partial charge < -0.3 is 0 Å². The SMILES string of the molecule is CC(C)(C)OC(=O)NC1CCCC(C[AsH]C(=O)OCc2ccccc2)C1. The standard InChI is InChI=1S/C20H30AsNO4/c1-20(2,3)26-19(24)22-17-11-7-10-16(12-17)13-21-18(23)25-14-15-8-5-4-6-9-15/h4-6,8-9,16-17,21H,7,10-14H2,1-3H3,(H,22,24). The Balaban J connectivity index is 1.67. The quantitative estimate of drug-likeness (QED) is 0.695. The third-order valence-corrected chi connectivity index (χ3v) is 6.80. The molecular weight excluding hydrogens is 393 g/mol. The molecule has 3 atom stereocenters. The van der Waals surface area contributed by atoms with E-state index in [9.17, 15) is 9.59 Å². The van der Waals surface area contributed by atoms with Gasteiger partial charge in [0.2, 0.25) is 0 Å². The van der Waals surface area contributed by atoms with E-state index in [0.29, 0.717) is 12.5 Å². The zero-order chi connectivity index (χ0) is 19.0. The summed E-state index contributed by atoms with van der Waals surface area (Å²) in [5.74, 6) is 0.493. The van der Waals surface area contributed by atoms with Crippen LogP contribution in [0.25, 0.3) is 0 Å². The van der Waals surface area contributed by atoms with Crippen molar-refractivity contribution in [1.82, 2.24) is 5.32 Å². The fourth-order valence-corrected chi connectivity index (χ4v) is 5.18. The number of nitrogens with one attached hydrogen (secondary N) is 1. The second-order valence-corrected chi connectivity index (χ2v) is 10.3. The first-order valence-corrected chi connectivity index (χ1v) is 11.8. The van der Waals surface area contributed by atoms with Gasteiger partial charge in [-0.2, -0.15) is 0 Å². The first-order valence-electron chi connectivity index (χ1n) is 9.26. The van der Waals surface area contributed by atoms with E-state index in [1.54, 1.807) is 0 Å². The molecule has 0 aliphatic heterocycles. The summed E-state index contributed by atoms with van der Waals surface area (Å²) in [7, 11) is 0. The van der Waals surface area contributed by atoms with Crippen molar-refractivity contribution in [2.75, 3.05) is 0 Å². The molecule has 1 aromatic rings. The van der Waals surface area contributed by atoms with E-state index in [4.69, 9.17) is 9.47 Å². The van der Waals surface area contributed by atoms with E-state index in [-0.39, 0.29) is 16.9 Å². The Hall–Kier alpha value is -1.48. The normalized spacial score (nSPS) is 20.7. The van der Waals surface area contributed by atoms with Crippen LogP contribution in [0.4, 0.5) is 9.59 Å². The summed E-state index contributed by atoms with van der Waals surface area (Å²) in [4.78, 5) is 23.9. The Labute approximate surface area is 162 Å². The molecule has 0 heterocycles. The van der Waals surface area contributed by atoms with E-state index < -0.39 is 21.4 Å². The van der Waals surface area contributed by atoms with Crippen LogP contribution in [0, 0.1) is 5.92 Å². The van der Waals surface area contributed by atoms with Gasteiger partial charge in [0.25, 0.3) is 0 Å². The summed E-state index contributed by atoms with van der Waals surface area (Å²) < 4.78 is 10.7. The summed E-state index contributed by atoms with van der Waals surface area (Å²) >= 11 is -0.774. The number of carbonyl (C=O) groups is 2. The molecule has 5 nitrogen and oxygen atoms in total. The van der Waals surface area contributed by atoms with E-state index in [0.717, 1.165) is 36.5 Å². The molecule has 0 saturated heterocycles. The number of alkyl carbamates (subject to hydrolysis) is 1. The predicted molar refractivity (Wildman–Crippen MR) is 104 cm³/mol. The molecule has 2 rings (SSSR count). The van der Waals surface area contributed by atoms with E-state index in [1.165, 1.54) is 0 Å². The van der Waals surface area contributed by atoms with Crippen LogP contribution in [-0.4, -0.2) is 38.2 Å². The molecule has 26 heavy (non-hydrogen) atoms. The van der Waals surface area contributed by atoms with Crippen molar-refractivity contribution < 1.29 is 19.1 Å². The third kappa shape index (κ3) is 8.27. The predicted octanol–water partition coefficient (Wildman–Crippen LogP) is 4.26. The molecule has 0 spiro atoms. The molecule has 1 amide bonds. The second-order valence-electron chi connectivity index (χ2n) is 7.82. The molecule has 1 N–H and O–H groups in total. The van der Waals surface area contributed by atoms with Crippen molar-refractivity contribution in [3.63, 3.8) is 0 Å². The number of carbonyl (C=O) groups excluding carboxylic acids is 2.